The van der Waals surface area contributed by atoms with Gasteiger partial charge in [0.2, 0.25) is 0 Å². The molecule has 0 heterocycles. The third-order valence-electron chi connectivity index (χ3n) is 4.09. The second kappa shape index (κ2) is 7.18. The Morgan fingerprint density at radius 2 is 1.20 bits per heavy atom. The van der Waals surface area contributed by atoms with E-state index < -0.39 is 11.3 Å². The first-order chi connectivity index (χ1) is 12.0. The number of hydrogen-bond acceptors (Lipinski definition) is 5. The first-order valence-corrected chi connectivity index (χ1v) is 7.52. The minimum atomic E-state index is -1.45. The van der Waals surface area contributed by atoms with Crippen LogP contribution in [-0.2, 0) is 5.41 Å². The highest BCUT2D eigenvalue weighted by molar-refractivity contribution is 5.56. The molecule has 0 saturated carbocycles. The fraction of sp³-hybridized carbons (Fsp3) is 0.200. The Morgan fingerprint density at radius 3 is 1.56 bits per heavy atom. The molecular formula is C20H15N5. The molecule has 0 aliphatic carbocycles. The topological polar surface area (TPSA) is 98.4 Å². The van der Waals surface area contributed by atoms with Crippen molar-refractivity contribution in [1.82, 2.24) is 0 Å². The van der Waals surface area contributed by atoms with Crippen LogP contribution in [0.1, 0.15) is 22.6 Å². The molecular weight excluding hydrogens is 310 g/mol. The van der Waals surface area contributed by atoms with E-state index in [1.54, 1.807) is 36.4 Å². The van der Waals surface area contributed by atoms with Gasteiger partial charge in [0.05, 0.1) is 24.3 Å². The van der Waals surface area contributed by atoms with Gasteiger partial charge in [0.1, 0.15) is 0 Å². The number of nitrogens with zero attached hydrogens (tertiary/aromatic N) is 5. The SMILES string of the molecule is CN(C)c1ccc(C(C#N)(C#N)c2ccc(C(C#N)C#N)cc2)cc1. The van der Waals surface area contributed by atoms with E-state index in [9.17, 15) is 10.5 Å². The van der Waals surface area contributed by atoms with Gasteiger partial charge in [0.15, 0.2) is 11.3 Å². The fourth-order valence-electron chi connectivity index (χ4n) is 2.56. The van der Waals surface area contributed by atoms with Crippen molar-refractivity contribution in [3.05, 3.63) is 65.2 Å². The second-order valence-corrected chi connectivity index (χ2v) is 5.73. The highest BCUT2D eigenvalue weighted by atomic mass is 15.1. The molecule has 0 amide bonds. The maximum Gasteiger partial charge on any atom is 0.193 e. The van der Waals surface area contributed by atoms with Crippen LogP contribution in [0.15, 0.2) is 48.5 Å². The van der Waals surface area contributed by atoms with Gasteiger partial charge in [-0.3, -0.25) is 0 Å². The first kappa shape index (κ1) is 17.6. The quantitative estimate of drug-likeness (QED) is 0.859. The number of hydrogen-bond donors (Lipinski definition) is 0. The van der Waals surface area contributed by atoms with Gasteiger partial charge in [-0.2, -0.15) is 21.0 Å². The normalized spacial score (nSPS) is 10.2. The molecule has 2 aromatic rings. The number of anilines is 1. The minimum absolute atomic E-state index is 0.508. The van der Waals surface area contributed by atoms with E-state index >= 15 is 0 Å². The lowest BCUT2D eigenvalue weighted by atomic mass is 9.76. The van der Waals surface area contributed by atoms with Gasteiger partial charge in [-0.15, -0.1) is 0 Å². The molecule has 0 fully saturated rings. The van der Waals surface area contributed by atoms with Crippen LogP contribution < -0.4 is 4.90 Å². The summed E-state index contributed by atoms with van der Waals surface area (Å²) in [5, 5.41) is 37.4. The molecule has 25 heavy (non-hydrogen) atoms. The Balaban J connectivity index is 2.51. The van der Waals surface area contributed by atoms with Crippen LogP contribution in [0.2, 0.25) is 0 Å². The van der Waals surface area contributed by atoms with Crippen LogP contribution in [0.25, 0.3) is 0 Å². The van der Waals surface area contributed by atoms with Crippen molar-refractivity contribution in [2.45, 2.75) is 11.3 Å². The maximum atomic E-state index is 9.75. The molecule has 0 radical (unpaired) electrons. The Kier molecular flexibility index (Phi) is 5.04. The molecule has 0 aromatic heterocycles. The molecule has 2 rings (SSSR count). The summed E-state index contributed by atoms with van der Waals surface area (Å²) in [6.07, 6.45) is 0. The molecule has 0 atom stereocenters. The summed E-state index contributed by atoms with van der Waals surface area (Å²) in [5.41, 5.74) is 1.15. The summed E-state index contributed by atoms with van der Waals surface area (Å²) >= 11 is 0. The smallest absolute Gasteiger partial charge is 0.193 e. The molecule has 0 saturated heterocycles. The van der Waals surface area contributed by atoms with E-state index in [-0.39, 0.29) is 0 Å². The lowest BCUT2D eigenvalue weighted by Gasteiger charge is -2.21. The number of benzene rings is 2. The van der Waals surface area contributed by atoms with Crippen LogP contribution in [-0.4, -0.2) is 14.1 Å². The van der Waals surface area contributed by atoms with E-state index in [1.165, 1.54) is 0 Å². The van der Waals surface area contributed by atoms with Gasteiger partial charge in [0.25, 0.3) is 0 Å². The summed E-state index contributed by atoms with van der Waals surface area (Å²) in [6.45, 7) is 0. The fourth-order valence-corrected chi connectivity index (χ4v) is 2.56. The van der Waals surface area contributed by atoms with E-state index in [1.807, 2.05) is 43.3 Å². The van der Waals surface area contributed by atoms with Crippen LogP contribution in [0.5, 0.6) is 0 Å². The van der Waals surface area contributed by atoms with Gasteiger partial charge in [-0.25, -0.2) is 0 Å². The predicted molar refractivity (Wildman–Crippen MR) is 93.2 cm³/mol. The lowest BCUT2D eigenvalue weighted by Crippen LogP contribution is -2.23. The molecule has 0 unspecified atom stereocenters. The van der Waals surface area contributed by atoms with Crippen LogP contribution in [0.3, 0.4) is 0 Å². The molecule has 0 aliphatic heterocycles. The molecule has 5 nitrogen and oxygen atoms in total. The van der Waals surface area contributed by atoms with Crippen molar-refractivity contribution in [1.29, 1.82) is 21.0 Å². The van der Waals surface area contributed by atoms with Crippen molar-refractivity contribution < 1.29 is 0 Å². The van der Waals surface area contributed by atoms with Gasteiger partial charge >= 0.3 is 0 Å². The van der Waals surface area contributed by atoms with Crippen molar-refractivity contribution in [3.63, 3.8) is 0 Å². The molecule has 120 valence electrons. The number of nitriles is 4. The Bertz CT molecular complexity index is 885. The van der Waals surface area contributed by atoms with Crippen LogP contribution in [0.4, 0.5) is 5.69 Å². The Hall–Kier alpha value is -3.80. The van der Waals surface area contributed by atoms with E-state index in [4.69, 9.17) is 10.5 Å². The molecule has 0 aliphatic rings. The average Bonchev–Trinajstić information content (AvgIpc) is 2.66. The van der Waals surface area contributed by atoms with E-state index in [0.29, 0.717) is 16.7 Å². The largest absolute Gasteiger partial charge is 0.378 e. The standard InChI is InChI=1S/C20H15N5/c1-25(2)19-9-7-18(8-10-19)20(13-23,14-24)17-5-3-15(4-6-17)16(11-21)12-22/h3-10,16H,1-2H3. The first-order valence-electron chi connectivity index (χ1n) is 7.52. The summed E-state index contributed by atoms with van der Waals surface area (Å²) < 4.78 is 0. The Morgan fingerprint density at radius 1 is 0.760 bits per heavy atom. The second-order valence-electron chi connectivity index (χ2n) is 5.73. The van der Waals surface area contributed by atoms with Crippen molar-refractivity contribution >= 4 is 5.69 Å². The average molecular weight is 325 g/mol. The maximum absolute atomic E-state index is 9.75. The van der Waals surface area contributed by atoms with Gasteiger partial charge in [0, 0.05) is 19.8 Å². The zero-order valence-corrected chi connectivity index (χ0v) is 13.9. The van der Waals surface area contributed by atoms with Crippen LogP contribution in [0, 0.1) is 45.3 Å². The highest BCUT2D eigenvalue weighted by Gasteiger charge is 2.35. The molecule has 0 N–H and O–H groups in total. The van der Waals surface area contributed by atoms with Gasteiger partial charge in [-0.05, 0) is 28.8 Å². The lowest BCUT2D eigenvalue weighted by molar-refractivity contribution is 0.846. The predicted octanol–water partition coefficient (Wildman–Crippen LogP) is 3.22. The molecule has 2 aromatic carbocycles. The van der Waals surface area contributed by atoms with Crippen molar-refractivity contribution in [2.24, 2.45) is 0 Å². The van der Waals surface area contributed by atoms with E-state index in [2.05, 4.69) is 12.1 Å². The third-order valence-corrected chi connectivity index (χ3v) is 4.09. The van der Waals surface area contributed by atoms with E-state index in [0.717, 1.165) is 5.69 Å². The monoisotopic (exact) mass is 325 g/mol. The number of rotatable bonds is 4. The van der Waals surface area contributed by atoms with Gasteiger partial charge < -0.3 is 4.90 Å². The summed E-state index contributed by atoms with van der Waals surface area (Å²) in [7, 11) is 3.83. The Labute approximate surface area is 147 Å². The van der Waals surface area contributed by atoms with Crippen molar-refractivity contribution in [2.75, 3.05) is 19.0 Å². The summed E-state index contributed by atoms with van der Waals surface area (Å²) in [4.78, 5) is 1.93. The summed E-state index contributed by atoms with van der Waals surface area (Å²) in [6, 6.07) is 21.8. The zero-order valence-electron chi connectivity index (χ0n) is 13.9. The van der Waals surface area contributed by atoms with Crippen LogP contribution >= 0.6 is 0 Å². The van der Waals surface area contributed by atoms with Gasteiger partial charge in [-0.1, -0.05) is 36.4 Å². The highest BCUT2D eigenvalue weighted by Crippen LogP contribution is 2.33. The summed E-state index contributed by atoms with van der Waals surface area (Å²) in [5.74, 6) is -0.869. The zero-order chi connectivity index (χ0) is 18.4. The van der Waals surface area contributed by atoms with Crippen molar-refractivity contribution in [3.8, 4) is 24.3 Å². The molecule has 5 heteroatoms. The minimum Gasteiger partial charge on any atom is -0.378 e. The third kappa shape index (κ3) is 3.13. The molecule has 0 bridgehead atoms. The molecule has 0 spiro atoms.